The summed E-state index contributed by atoms with van der Waals surface area (Å²) in [5.74, 6) is 0.223. The minimum absolute atomic E-state index is 0.482. The molecule has 2 aliphatic heterocycles. The second-order valence-corrected chi connectivity index (χ2v) is 12.1. The van der Waals surface area contributed by atoms with Crippen LogP contribution in [0.25, 0.3) is 20.4 Å². The highest BCUT2D eigenvalue weighted by Gasteiger charge is 2.24. The fraction of sp³-hybridized carbons (Fsp3) is 0.375. The number of nitrogens with zero attached hydrogens (tertiary/aromatic N) is 9. The zero-order valence-electron chi connectivity index (χ0n) is 24.7. The number of piperazine rings is 1. The Hall–Kier alpha value is -4.04. The lowest BCUT2D eigenvalue weighted by Gasteiger charge is -2.36. The summed E-state index contributed by atoms with van der Waals surface area (Å²) >= 11 is 3.23. The first-order valence-corrected chi connectivity index (χ1v) is 16.3. The molecule has 2 fully saturated rings. The van der Waals surface area contributed by atoms with Crippen molar-refractivity contribution in [2.45, 2.75) is 12.8 Å². The monoisotopic (exact) mass is 625 g/mol. The Balaban J connectivity index is 0.000000267. The van der Waals surface area contributed by atoms with E-state index in [2.05, 4.69) is 41.8 Å². The van der Waals surface area contributed by atoms with Crippen LogP contribution in [0.1, 0.15) is 23.5 Å². The first kappa shape index (κ1) is 31.4. The minimum Gasteiger partial charge on any atom is -0.379 e. The largest absolute Gasteiger partial charge is 0.379 e. The molecule has 226 valence electrons. The number of thiazole rings is 2. The van der Waals surface area contributed by atoms with Crippen LogP contribution in [-0.2, 0) is 4.74 Å². The summed E-state index contributed by atoms with van der Waals surface area (Å²) in [4.78, 5) is 25.3. The van der Waals surface area contributed by atoms with Gasteiger partial charge in [0.25, 0.3) is 0 Å². The Morgan fingerprint density at radius 2 is 1.48 bits per heavy atom. The summed E-state index contributed by atoms with van der Waals surface area (Å²) < 4.78 is 7.78. The molecular formula is C32H35N9OS2. The average Bonchev–Trinajstić information content (AvgIpc) is 3.73. The summed E-state index contributed by atoms with van der Waals surface area (Å²) in [5, 5.41) is 18.0. The van der Waals surface area contributed by atoms with Crippen molar-refractivity contribution in [2.24, 2.45) is 0 Å². The molecule has 2 aliphatic rings. The lowest BCUT2D eigenvalue weighted by molar-refractivity contribution is 0.0331. The molecule has 0 bridgehead atoms. The zero-order chi connectivity index (χ0) is 30.6. The Bertz CT molecular complexity index is 1630. The van der Waals surface area contributed by atoms with E-state index >= 15 is 0 Å². The maximum Gasteiger partial charge on any atom is 0.225 e. The van der Waals surface area contributed by atoms with Crippen LogP contribution in [0.5, 0.6) is 0 Å². The molecule has 0 amide bonds. The number of ether oxygens (including phenoxy) is 1. The van der Waals surface area contributed by atoms with Crippen LogP contribution in [0.15, 0.2) is 66.3 Å². The SMILES string of the molecule is CC#N.N#CC(c1ccnc(N2CCN(CCN3CCOCC3)CC2)n1)c1nc2ccccc2s1.c1ccc2scnc2c1. The van der Waals surface area contributed by atoms with Crippen molar-refractivity contribution >= 4 is 49.1 Å². The predicted molar refractivity (Wildman–Crippen MR) is 176 cm³/mol. The van der Waals surface area contributed by atoms with Crippen LogP contribution in [0.3, 0.4) is 0 Å². The summed E-state index contributed by atoms with van der Waals surface area (Å²) in [5.41, 5.74) is 4.61. The van der Waals surface area contributed by atoms with Gasteiger partial charge >= 0.3 is 0 Å². The molecule has 1 unspecified atom stereocenters. The van der Waals surface area contributed by atoms with Crippen LogP contribution in [0, 0.1) is 22.7 Å². The third-order valence-electron chi connectivity index (χ3n) is 7.37. The molecule has 0 N–H and O–H groups in total. The lowest BCUT2D eigenvalue weighted by atomic mass is 10.1. The van der Waals surface area contributed by atoms with Crippen LogP contribution in [0.4, 0.5) is 5.95 Å². The first-order valence-electron chi connectivity index (χ1n) is 14.6. The third kappa shape index (κ3) is 8.32. The van der Waals surface area contributed by atoms with E-state index in [9.17, 15) is 5.26 Å². The highest BCUT2D eigenvalue weighted by Crippen LogP contribution is 2.31. The van der Waals surface area contributed by atoms with Gasteiger partial charge in [0.2, 0.25) is 5.95 Å². The van der Waals surface area contributed by atoms with Crippen LogP contribution in [-0.4, -0.2) is 95.3 Å². The van der Waals surface area contributed by atoms with Crippen molar-refractivity contribution in [3.8, 4) is 12.1 Å². The van der Waals surface area contributed by atoms with Gasteiger partial charge < -0.3 is 9.64 Å². The number of morpholine rings is 1. The minimum atomic E-state index is -0.482. The molecule has 0 spiro atoms. The highest BCUT2D eigenvalue weighted by molar-refractivity contribution is 7.18. The summed E-state index contributed by atoms with van der Waals surface area (Å²) in [6, 6.07) is 22.1. The smallest absolute Gasteiger partial charge is 0.225 e. The number of para-hydroxylation sites is 2. The van der Waals surface area contributed by atoms with Crippen molar-refractivity contribution in [3.05, 3.63) is 77.0 Å². The molecule has 10 nitrogen and oxygen atoms in total. The standard InChI is InChI=1S/C23H27N7OS.C7H5NS.C2H3N/c24-17-18(22-26-20-3-1-2-4-21(20)32-22)19-5-6-25-23(27-19)30-11-9-28(10-12-30)7-8-29-13-15-31-16-14-29;1-2-4-7-6(3-1)8-5-9-7;1-2-3/h1-6,18H,7-16H2;1-5H;1H3. The topological polar surface area (TPSA) is 118 Å². The lowest BCUT2D eigenvalue weighted by Crippen LogP contribution is -2.49. The first-order chi connectivity index (χ1) is 21.7. The number of aromatic nitrogens is 4. The van der Waals surface area contributed by atoms with Gasteiger partial charge in [0.15, 0.2) is 0 Å². The van der Waals surface area contributed by atoms with Gasteiger partial charge in [0.05, 0.1) is 57.0 Å². The van der Waals surface area contributed by atoms with Crippen molar-refractivity contribution in [2.75, 3.05) is 70.5 Å². The van der Waals surface area contributed by atoms with Gasteiger partial charge in [0.1, 0.15) is 10.9 Å². The molecule has 5 heterocycles. The number of benzene rings is 2. The number of hydrogen-bond acceptors (Lipinski definition) is 12. The number of fused-ring (bicyclic) bond motifs is 2. The maximum atomic E-state index is 9.88. The number of nitriles is 2. The summed E-state index contributed by atoms with van der Waals surface area (Å²) in [6.07, 6.45) is 1.76. The van der Waals surface area contributed by atoms with Crippen molar-refractivity contribution in [1.82, 2.24) is 29.7 Å². The van der Waals surface area contributed by atoms with Crippen molar-refractivity contribution in [1.29, 1.82) is 10.5 Å². The van der Waals surface area contributed by atoms with Gasteiger partial charge in [-0.15, -0.1) is 22.7 Å². The fourth-order valence-electron chi connectivity index (χ4n) is 5.02. The van der Waals surface area contributed by atoms with E-state index in [1.54, 1.807) is 34.9 Å². The molecule has 0 saturated carbocycles. The van der Waals surface area contributed by atoms with Crippen LogP contribution in [0.2, 0.25) is 0 Å². The Kier molecular flexibility index (Phi) is 11.5. The molecular weight excluding hydrogens is 591 g/mol. The van der Waals surface area contributed by atoms with E-state index in [4.69, 9.17) is 15.0 Å². The highest BCUT2D eigenvalue weighted by atomic mass is 32.1. The molecule has 1 atom stereocenters. The van der Waals surface area contributed by atoms with Crippen LogP contribution >= 0.6 is 22.7 Å². The van der Waals surface area contributed by atoms with E-state index in [1.807, 2.05) is 54.0 Å². The predicted octanol–water partition coefficient (Wildman–Crippen LogP) is 5.02. The molecule has 0 aliphatic carbocycles. The molecule has 12 heteroatoms. The quantitative estimate of drug-likeness (QED) is 0.254. The maximum absolute atomic E-state index is 9.88. The normalized spacial score (nSPS) is 16.2. The van der Waals surface area contributed by atoms with Gasteiger partial charge in [0, 0.05) is 65.5 Å². The zero-order valence-corrected chi connectivity index (χ0v) is 26.4. The second-order valence-electron chi connectivity index (χ2n) is 10.2. The van der Waals surface area contributed by atoms with Crippen molar-refractivity contribution < 1.29 is 4.74 Å². The molecule has 3 aromatic heterocycles. The van der Waals surface area contributed by atoms with Gasteiger partial charge in [-0.25, -0.2) is 19.9 Å². The van der Waals surface area contributed by atoms with E-state index in [1.165, 1.54) is 11.6 Å². The van der Waals surface area contributed by atoms with Gasteiger partial charge in [-0.3, -0.25) is 9.80 Å². The van der Waals surface area contributed by atoms with E-state index in [-0.39, 0.29) is 0 Å². The Morgan fingerprint density at radius 3 is 2.16 bits per heavy atom. The average molecular weight is 626 g/mol. The number of anilines is 1. The van der Waals surface area contributed by atoms with E-state index < -0.39 is 5.92 Å². The van der Waals surface area contributed by atoms with Crippen LogP contribution < -0.4 is 4.90 Å². The molecule has 44 heavy (non-hydrogen) atoms. The summed E-state index contributed by atoms with van der Waals surface area (Å²) in [7, 11) is 0. The molecule has 2 saturated heterocycles. The summed E-state index contributed by atoms with van der Waals surface area (Å²) in [6.45, 7) is 11.2. The van der Waals surface area contributed by atoms with Crippen molar-refractivity contribution in [3.63, 3.8) is 0 Å². The number of hydrogen-bond donors (Lipinski definition) is 0. The van der Waals surface area contributed by atoms with E-state index in [0.717, 1.165) is 86.3 Å². The second kappa shape index (κ2) is 16.1. The van der Waals surface area contributed by atoms with Gasteiger partial charge in [-0.1, -0.05) is 24.3 Å². The molecule has 7 rings (SSSR count). The fourth-order valence-corrected chi connectivity index (χ4v) is 6.72. The number of rotatable bonds is 6. The van der Waals surface area contributed by atoms with E-state index in [0.29, 0.717) is 11.6 Å². The van der Waals surface area contributed by atoms with Gasteiger partial charge in [-0.2, -0.15) is 10.5 Å². The molecule has 0 radical (unpaired) electrons. The Labute approximate surface area is 265 Å². The third-order valence-corrected chi connectivity index (χ3v) is 9.29. The Morgan fingerprint density at radius 1 is 0.818 bits per heavy atom. The van der Waals surface area contributed by atoms with Gasteiger partial charge in [-0.05, 0) is 30.3 Å². The molecule has 5 aromatic rings. The molecule has 2 aromatic carbocycles.